The van der Waals surface area contributed by atoms with Gasteiger partial charge < -0.3 is 5.32 Å². The van der Waals surface area contributed by atoms with Crippen LogP contribution in [0.25, 0.3) is 0 Å². The molecule has 0 saturated carbocycles. The average molecular weight is 274 g/mol. The maximum atomic E-state index is 12.0. The van der Waals surface area contributed by atoms with E-state index in [0.29, 0.717) is 22.4 Å². The smallest absolute Gasteiger partial charge is 0.253 e. The largest absolute Gasteiger partial charge is 0.349 e. The molecule has 1 atom stereocenters. The quantitative estimate of drug-likeness (QED) is 0.814. The molecule has 0 aliphatic rings. The van der Waals surface area contributed by atoms with Gasteiger partial charge in [0.25, 0.3) is 5.91 Å². The molecule has 1 amide bonds. The maximum absolute atomic E-state index is 12.0. The molecule has 1 aromatic rings. The Morgan fingerprint density at radius 1 is 1.35 bits per heavy atom. The summed E-state index contributed by atoms with van der Waals surface area (Å²) in [6, 6.07) is 7.11. The van der Waals surface area contributed by atoms with Crippen LogP contribution >= 0.6 is 23.2 Å². The highest BCUT2D eigenvalue weighted by Gasteiger charge is 2.17. The molecule has 1 aromatic carbocycles. The molecule has 0 spiro atoms. The summed E-state index contributed by atoms with van der Waals surface area (Å²) in [5.74, 6) is 0.741. The van der Waals surface area contributed by atoms with Gasteiger partial charge in [0.15, 0.2) is 0 Å². The molecule has 94 valence electrons. The highest BCUT2D eigenvalue weighted by atomic mass is 35.5. The second-order valence-electron chi connectivity index (χ2n) is 4.28. The van der Waals surface area contributed by atoms with Crippen molar-refractivity contribution in [1.29, 1.82) is 0 Å². The molecule has 1 N–H and O–H groups in total. The van der Waals surface area contributed by atoms with Gasteiger partial charge in [0.1, 0.15) is 0 Å². The van der Waals surface area contributed by atoms with Crippen LogP contribution in [0.3, 0.4) is 0 Å². The van der Waals surface area contributed by atoms with E-state index in [1.165, 1.54) is 0 Å². The first kappa shape index (κ1) is 14.3. The highest BCUT2D eigenvalue weighted by Crippen LogP contribution is 2.16. The summed E-state index contributed by atoms with van der Waals surface area (Å²) in [5, 5.41) is 3.44. The molecule has 2 nitrogen and oxygen atoms in total. The van der Waals surface area contributed by atoms with Crippen LogP contribution in [0, 0.1) is 5.92 Å². The number of rotatable bonds is 5. The molecule has 0 saturated heterocycles. The third-order valence-corrected chi connectivity index (χ3v) is 3.21. The Kier molecular flexibility index (Phi) is 5.79. The normalized spacial score (nSPS) is 12.5. The van der Waals surface area contributed by atoms with Gasteiger partial charge in [-0.15, -0.1) is 11.6 Å². The van der Waals surface area contributed by atoms with Crippen molar-refractivity contribution < 1.29 is 4.79 Å². The van der Waals surface area contributed by atoms with E-state index < -0.39 is 0 Å². The van der Waals surface area contributed by atoms with Crippen molar-refractivity contribution in [1.82, 2.24) is 5.32 Å². The Morgan fingerprint density at radius 2 is 2.00 bits per heavy atom. The van der Waals surface area contributed by atoms with Gasteiger partial charge in [-0.3, -0.25) is 4.79 Å². The maximum Gasteiger partial charge on any atom is 0.253 e. The topological polar surface area (TPSA) is 29.1 Å². The minimum Gasteiger partial charge on any atom is -0.349 e. The first-order valence-electron chi connectivity index (χ1n) is 5.67. The molecular weight excluding hydrogens is 257 g/mol. The van der Waals surface area contributed by atoms with Crippen LogP contribution in [-0.2, 0) is 0 Å². The van der Waals surface area contributed by atoms with Crippen LogP contribution in [0.1, 0.15) is 30.6 Å². The zero-order chi connectivity index (χ0) is 12.8. The molecular formula is C13H17Cl2NO. The Hall–Kier alpha value is -0.730. The number of amides is 1. The minimum atomic E-state index is -0.139. The van der Waals surface area contributed by atoms with Gasteiger partial charge in [-0.1, -0.05) is 37.6 Å². The van der Waals surface area contributed by atoms with Crippen LogP contribution in [-0.4, -0.2) is 17.8 Å². The summed E-state index contributed by atoms with van der Waals surface area (Å²) in [6.45, 7) is 4.12. The molecule has 1 unspecified atom stereocenters. The molecule has 0 aromatic heterocycles. The molecule has 1 rings (SSSR count). The molecule has 0 fully saturated rings. The summed E-state index contributed by atoms with van der Waals surface area (Å²) in [4.78, 5) is 12.0. The monoisotopic (exact) mass is 273 g/mol. The second kappa shape index (κ2) is 6.87. The summed E-state index contributed by atoms with van der Waals surface area (Å²) >= 11 is 11.7. The van der Waals surface area contributed by atoms with Crippen LogP contribution < -0.4 is 5.32 Å². The predicted octanol–water partition coefficient (Wildman–Crippen LogP) is 3.72. The fourth-order valence-electron chi connectivity index (χ4n) is 1.58. The molecule has 0 heterocycles. The van der Waals surface area contributed by atoms with E-state index in [1.807, 2.05) is 0 Å². The van der Waals surface area contributed by atoms with E-state index in [1.54, 1.807) is 24.3 Å². The molecule has 0 aliphatic carbocycles. The van der Waals surface area contributed by atoms with E-state index in [0.717, 1.165) is 6.42 Å². The Bertz CT molecular complexity index is 379. The van der Waals surface area contributed by atoms with E-state index >= 15 is 0 Å². The third kappa shape index (κ3) is 4.21. The third-order valence-electron chi connectivity index (χ3n) is 2.66. The molecule has 0 radical (unpaired) electrons. The lowest BCUT2D eigenvalue weighted by Gasteiger charge is -2.21. The lowest BCUT2D eigenvalue weighted by Crippen LogP contribution is -2.38. The zero-order valence-electron chi connectivity index (χ0n) is 10.0. The number of hydrogen-bond acceptors (Lipinski definition) is 1. The summed E-state index contributed by atoms with van der Waals surface area (Å²) in [7, 11) is 0. The molecule has 17 heavy (non-hydrogen) atoms. The van der Waals surface area contributed by atoms with E-state index in [-0.39, 0.29) is 11.9 Å². The number of halogens is 2. The highest BCUT2D eigenvalue weighted by molar-refractivity contribution is 6.33. The number of carbonyl (C=O) groups excluding carboxylic acids is 1. The van der Waals surface area contributed by atoms with Gasteiger partial charge in [-0.2, -0.15) is 0 Å². The van der Waals surface area contributed by atoms with Crippen LogP contribution in [0.2, 0.25) is 5.02 Å². The van der Waals surface area contributed by atoms with Gasteiger partial charge in [0.05, 0.1) is 10.6 Å². The van der Waals surface area contributed by atoms with Gasteiger partial charge in [-0.05, 0) is 24.5 Å². The standard InChI is InChI=1S/C13H17Cl2NO/c1-9(2)12(7-8-14)16-13(17)10-5-3-4-6-11(10)15/h3-6,9,12H,7-8H2,1-2H3,(H,16,17). The van der Waals surface area contributed by atoms with Gasteiger partial charge >= 0.3 is 0 Å². The summed E-state index contributed by atoms with van der Waals surface area (Å²) < 4.78 is 0. The molecule has 0 bridgehead atoms. The average Bonchev–Trinajstić information content (AvgIpc) is 2.28. The van der Waals surface area contributed by atoms with E-state index in [4.69, 9.17) is 23.2 Å². The van der Waals surface area contributed by atoms with Crippen LogP contribution in [0.4, 0.5) is 0 Å². The Labute approximate surface area is 112 Å². The number of hydrogen-bond donors (Lipinski definition) is 1. The Balaban J connectivity index is 2.74. The first-order chi connectivity index (χ1) is 8.06. The van der Waals surface area contributed by atoms with Crippen molar-refractivity contribution >= 4 is 29.1 Å². The second-order valence-corrected chi connectivity index (χ2v) is 5.07. The lowest BCUT2D eigenvalue weighted by molar-refractivity contribution is 0.0925. The van der Waals surface area contributed by atoms with E-state index in [2.05, 4.69) is 19.2 Å². The van der Waals surface area contributed by atoms with Crippen LogP contribution in [0.15, 0.2) is 24.3 Å². The zero-order valence-corrected chi connectivity index (χ0v) is 11.6. The molecule has 4 heteroatoms. The van der Waals surface area contributed by atoms with Gasteiger partial charge in [0.2, 0.25) is 0 Å². The van der Waals surface area contributed by atoms with Crippen molar-refractivity contribution in [3.05, 3.63) is 34.9 Å². The Morgan fingerprint density at radius 3 is 2.53 bits per heavy atom. The van der Waals surface area contributed by atoms with Crippen molar-refractivity contribution in [3.8, 4) is 0 Å². The number of alkyl halides is 1. The van der Waals surface area contributed by atoms with Gasteiger partial charge in [-0.25, -0.2) is 0 Å². The van der Waals surface area contributed by atoms with Gasteiger partial charge in [0, 0.05) is 11.9 Å². The minimum absolute atomic E-state index is 0.0799. The fraction of sp³-hybridized carbons (Fsp3) is 0.462. The number of nitrogens with one attached hydrogen (secondary N) is 1. The molecule has 0 aliphatic heterocycles. The predicted molar refractivity (Wildman–Crippen MR) is 72.9 cm³/mol. The van der Waals surface area contributed by atoms with Crippen molar-refractivity contribution in [3.63, 3.8) is 0 Å². The first-order valence-corrected chi connectivity index (χ1v) is 6.59. The van der Waals surface area contributed by atoms with E-state index in [9.17, 15) is 4.79 Å². The van der Waals surface area contributed by atoms with Crippen molar-refractivity contribution in [2.45, 2.75) is 26.3 Å². The SMILES string of the molecule is CC(C)C(CCCl)NC(=O)c1ccccc1Cl. The number of benzene rings is 1. The van der Waals surface area contributed by atoms with Crippen molar-refractivity contribution in [2.75, 3.05) is 5.88 Å². The lowest BCUT2D eigenvalue weighted by atomic mass is 10.0. The summed E-state index contributed by atoms with van der Waals surface area (Å²) in [5.41, 5.74) is 0.509. The van der Waals surface area contributed by atoms with Crippen molar-refractivity contribution in [2.24, 2.45) is 5.92 Å². The summed E-state index contributed by atoms with van der Waals surface area (Å²) in [6.07, 6.45) is 0.759. The van der Waals surface area contributed by atoms with Crippen LogP contribution in [0.5, 0.6) is 0 Å². The fourth-order valence-corrected chi connectivity index (χ4v) is 2.04. The number of carbonyl (C=O) groups is 1.